The number of carbonyl (C=O) groups is 1. The van der Waals surface area contributed by atoms with E-state index in [1.54, 1.807) is 6.20 Å². The van der Waals surface area contributed by atoms with Crippen molar-refractivity contribution in [3.8, 4) is 5.75 Å². The molecule has 0 fully saturated rings. The molecule has 0 aliphatic heterocycles. The molecule has 0 saturated carbocycles. The van der Waals surface area contributed by atoms with Crippen LogP contribution >= 0.6 is 0 Å². The smallest absolute Gasteiger partial charge is 0.303 e. The lowest BCUT2D eigenvalue weighted by Crippen LogP contribution is -2.26. The van der Waals surface area contributed by atoms with E-state index in [-0.39, 0.29) is 6.42 Å². The molecular formula is C17H19NO3. The van der Waals surface area contributed by atoms with Gasteiger partial charge in [0.1, 0.15) is 11.4 Å². The topological polar surface area (TPSA) is 59.4 Å². The van der Waals surface area contributed by atoms with Gasteiger partial charge in [-0.05, 0) is 50.1 Å². The van der Waals surface area contributed by atoms with Crippen LogP contribution in [-0.4, -0.2) is 16.1 Å². The summed E-state index contributed by atoms with van der Waals surface area (Å²) in [7, 11) is 0. The highest BCUT2D eigenvalue weighted by Gasteiger charge is 2.23. The molecule has 0 bridgehead atoms. The highest BCUT2D eigenvalue weighted by atomic mass is 16.5. The molecule has 110 valence electrons. The summed E-state index contributed by atoms with van der Waals surface area (Å²) in [6, 6.07) is 13.3. The van der Waals surface area contributed by atoms with E-state index in [9.17, 15) is 4.79 Å². The number of carboxylic acid groups (broad SMARTS) is 1. The molecule has 0 spiro atoms. The third-order valence-electron chi connectivity index (χ3n) is 3.21. The van der Waals surface area contributed by atoms with Gasteiger partial charge < -0.3 is 9.84 Å². The van der Waals surface area contributed by atoms with Crippen molar-refractivity contribution in [2.45, 2.75) is 32.3 Å². The molecule has 1 aromatic carbocycles. The van der Waals surface area contributed by atoms with Gasteiger partial charge in [0.2, 0.25) is 0 Å². The lowest BCUT2D eigenvalue weighted by Gasteiger charge is -2.26. The monoisotopic (exact) mass is 285 g/mol. The molecule has 0 aliphatic carbocycles. The number of rotatable bonds is 6. The zero-order valence-corrected chi connectivity index (χ0v) is 12.2. The summed E-state index contributed by atoms with van der Waals surface area (Å²) in [5, 5.41) is 8.68. The Bertz CT molecular complexity index is 591. The van der Waals surface area contributed by atoms with Gasteiger partial charge in [0.25, 0.3) is 0 Å². The van der Waals surface area contributed by atoms with E-state index in [1.807, 2.05) is 56.3 Å². The van der Waals surface area contributed by atoms with Gasteiger partial charge in [-0.3, -0.25) is 9.78 Å². The lowest BCUT2D eigenvalue weighted by molar-refractivity contribution is -0.136. The van der Waals surface area contributed by atoms with Crippen LogP contribution in [0.25, 0.3) is 0 Å². The molecule has 4 heteroatoms. The van der Waals surface area contributed by atoms with Gasteiger partial charge in [-0.25, -0.2) is 0 Å². The van der Waals surface area contributed by atoms with E-state index < -0.39 is 11.6 Å². The Balaban J connectivity index is 2.04. The molecule has 0 unspecified atom stereocenters. The van der Waals surface area contributed by atoms with Crippen molar-refractivity contribution in [3.63, 3.8) is 0 Å². The van der Waals surface area contributed by atoms with Crippen LogP contribution < -0.4 is 4.74 Å². The maximum atomic E-state index is 10.6. The molecule has 2 aromatic rings. The van der Waals surface area contributed by atoms with Gasteiger partial charge in [0, 0.05) is 12.6 Å². The lowest BCUT2D eigenvalue weighted by atomic mass is 10.0. The molecule has 2 rings (SSSR count). The average Bonchev–Trinajstić information content (AvgIpc) is 2.47. The highest BCUT2D eigenvalue weighted by molar-refractivity contribution is 5.67. The fourth-order valence-corrected chi connectivity index (χ4v) is 2.04. The number of ether oxygens (including phenoxy) is 1. The molecule has 4 nitrogen and oxygen atoms in total. The molecule has 21 heavy (non-hydrogen) atoms. The van der Waals surface area contributed by atoms with Gasteiger partial charge in [-0.2, -0.15) is 0 Å². The van der Waals surface area contributed by atoms with Crippen LogP contribution in [0, 0.1) is 0 Å². The summed E-state index contributed by atoms with van der Waals surface area (Å²) in [6.45, 7) is 3.93. The predicted molar refractivity (Wildman–Crippen MR) is 80.3 cm³/mol. The predicted octanol–water partition coefficient (Wildman–Crippen LogP) is 3.41. The van der Waals surface area contributed by atoms with Crippen LogP contribution in [0.1, 0.15) is 31.5 Å². The SMILES string of the molecule is CC(C)(Oc1ccc(CCC(=O)O)cc1)c1ccccn1. The number of aryl methyl sites for hydroxylation is 1. The molecule has 0 atom stereocenters. The minimum atomic E-state index is -0.786. The van der Waals surface area contributed by atoms with Crippen LogP contribution in [0.4, 0.5) is 0 Å². The molecular weight excluding hydrogens is 266 g/mol. The third-order valence-corrected chi connectivity index (χ3v) is 3.21. The van der Waals surface area contributed by atoms with Crippen LogP contribution in [0.5, 0.6) is 5.75 Å². The van der Waals surface area contributed by atoms with Gasteiger partial charge in [-0.15, -0.1) is 0 Å². The largest absolute Gasteiger partial charge is 0.482 e. The first kappa shape index (κ1) is 15.0. The van der Waals surface area contributed by atoms with Gasteiger partial charge >= 0.3 is 5.97 Å². The van der Waals surface area contributed by atoms with Crippen molar-refractivity contribution in [1.82, 2.24) is 4.98 Å². The number of nitrogens with zero attached hydrogens (tertiary/aromatic N) is 1. The second kappa shape index (κ2) is 6.39. The second-order valence-electron chi connectivity index (χ2n) is 5.37. The first-order valence-electron chi connectivity index (χ1n) is 6.88. The van der Waals surface area contributed by atoms with Crippen molar-refractivity contribution >= 4 is 5.97 Å². The zero-order valence-electron chi connectivity index (χ0n) is 12.2. The summed E-state index contributed by atoms with van der Waals surface area (Å²) in [4.78, 5) is 14.9. The number of aliphatic carboxylic acids is 1. The Kier molecular flexibility index (Phi) is 4.58. The van der Waals surface area contributed by atoms with Crippen molar-refractivity contribution in [2.75, 3.05) is 0 Å². The summed E-state index contributed by atoms with van der Waals surface area (Å²) in [5.41, 5.74) is 1.32. The summed E-state index contributed by atoms with van der Waals surface area (Å²) >= 11 is 0. The van der Waals surface area contributed by atoms with Crippen molar-refractivity contribution in [3.05, 3.63) is 59.9 Å². The van der Waals surface area contributed by atoms with Crippen LogP contribution in [0.15, 0.2) is 48.7 Å². The maximum absolute atomic E-state index is 10.6. The second-order valence-corrected chi connectivity index (χ2v) is 5.37. The fourth-order valence-electron chi connectivity index (χ4n) is 2.04. The molecule has 1 heterocycles. The Labute approximate surface area is 124 Å². The average molecular weight is 285 g/mol. The first-order chi connectivity index (χ1) is 9.97. The molecule has 0 aliphatic rings. The number of benzene rings is 1. The van der Waals surface area contributed by atoms with Crippen molar-refractivity contribution < 1.29 is 14.6 Å². The van der Waals surface area contributed by atoms with Gasteiger partial charge in [-0.1, -0.05) is 18.2 Å². The quantitative estimate of drug-likeness (QED) is 0.883. The van der Waals surface area contributed by atoms with Crippen molar-refractivity contribution in [2.24, 2.45) is 0 Å². The summed E-state index contributed by atoms with van der Waals surface area (Å²) in [6.07, 6.45) is 2.41. The Morgan fingerprint density at radius 1 is 1.19 bits per heavy atom. The highest BCUT2D eigenvalue weighted by Crippen LogP contribution is 2.26. The van der Waals surface area contributed by atoms with Crippen LogP contribution in [-0.2, 0) is 16.8 Å². The summed E-state index contributed by atoms with van der Waals surface area (Å²) < 4.78 is 5.99. The van der Waals surface area contributed by atoms with Crippen LogP contribution in [0.3, 0.4) is 0 Å². The number of pyridine rings is 1. The maximum Gasteiger partial charge on any atom is 0.303 e. The Hall–Kier alpha value is -2.36. The molecule has 0 saturated heterocycles. The van der Waals surface area contributed by atoms with E-state index in [4.69, 9.17) is 9.84 Å². The minimum Gasteiger partial charge on any atom is -0.482 e. The van der Waals surface area contributed by atoms with E-state index >= 15 is 0 Å². The fraction of sp³-hybridized carbons (Fsp3) is 0.294. The van der Waals surface area contributed by atoms with E-state index in [1.165, 1.54) is 0 Å². The van der Waals surface area contributed by atoms with Gasteiger partial charge in [0.15, 0.2) is 0 Å². The number of hydrogen-bond donors (Lipinski definition) is 1. The number of aromatic nitrogens is 1. The first-order valence-corrected chi connectivity index (χ1v) is 6.88. The Morgan fingerprint density at radius 3 is 2.48 bits per heavy atom. The standard InChI is InChI=1S/C17H19NO3/c1-17(2,15-5-3-4-12-18-15)21-14-9-6-13(7-10-14)8-11-16(19)20/h3-7,9-10,12H,8,11H2,1-2H3,(H,19,20). The zero-order chi connectivity index (χ0) is 15.3. The Morgan fingerprint density at radius 2 is 1.90 bits per heavy atom. The van der Waals surface area contributed by atoms with Crippen molar-refractivity contribution in [1.29, 1.82) is 0 Å². The number of hydrogen-bond acceptors (Lipinski definition) is 3. The van der Waals surface area contributed by atoms with Crippen LogP contribution in [0.2, 0.25) is 0 Å². The summed E-state index contributed by atoms with van der Waals surface area (Å²) in [5.74, 6) is -0.0451. The number of carboxylic acids is 1. The minimum absolute atomic E-state index is 0.139. The molecule has 0 radical (unpaired) electrons. The van der Waals surface area contributed by atoms with E-state index in [0.717, 1.165) is 17.0 Å². The normalized spacial score (nSPS) is 11.1. The van der Waals surface area contributed by atoms with E-state index in [0.29, 0.717) is 6.42 Å². The molecule has 0 amide bonds. The molecule has 1 N–H and O–H groups in total. The third kappa shape index (κ3) is 4.31. The van der Waals surface area contributed by atoms with Gasteiger partial charge in [0.05, 0.1) is 5.69 Å². The molecule has 1 aromatic heterocycles. The van der Waals surface area contributed by atoms with E-state index in [2.05, 4.69) is 4.98 Å².